The molecule has 25 heavy (non-hydrogen) atoms. The Hall–Kier alpha value is -3.23. The van der Waals surface area contributed by atoms with Crippen LogP contribution in [0, 0.1) is 11.6 Å². The van der Waals surface area contributed by atoms with Crippen molar-refractivity contribution in [2.75, 3.05) is 22.9 Å². The van der Waals surface area contributed by atoms with Gasteiger partial charge in [-0.3, -0.25) is 0 Å². The number of anilines is 4. The summed E-state index contributed by atoms with van der Waals surface area (Å²) < 4.78 is 28.2. The third kappa shape index (κ3) is 4.19. The number of nitrogens with one attached hydrogen (secondary N) is 2. The molecule has 0 bridgehead atoms. The number of imidazole rings is 1. The molecule has 0 radical (unpaired) electrons. The second-order valence-electron chi connectivity index (χ2n) is 5.32. The van der Waals surface area contributed by atoms with Crippen molar-refractivity contribution < 1.29 is 8.78 Å². The van der Waals surface area contributed by atoms with Gasteiger partial charge in [-0.1, -0.05) is 0 Å². The summed E-state index contributed by atoms with van der Waals surface area (Å²) in [4.78, 5) is 12.1. The molecule has 2 aromatic heterocycles. The predicted octanol–water partition coefficient (Wildman–Crippen LogP) is 2.78. The minimum Gasteiger partial charge on any atom is -0.393 e. The van der Waals surface area contributed by atoms with E-state index in [9.17, 15) is 8.78 Å². The minimum absolute atomic E-state index is 0.301. The number of hydrogen-bond donors (Lipinski definition) is 3. The third-order valence-corrected chi connectivity index (χ3v) is 3.51. The van der Waals surface area contributed by atoms with Gasteiger partial charge in [0.2, 0.25) is 0 Å². The summed E-state index contributed by atoms with van der Waals surface area (Å²) in [6.07, 6.45) is 7.57. The lowest BCUT2D eigenvalue weighted by Gasteiger charge is -2.12. The van der Waals surface area contributed by atoms with E-state index in [-0.39, 0.29) is 0 Å². The van der Waals surface area contributed by atoms with Crippen molar-refractivity contribution in [3.05, 3.63) is 54.9 Å². The maximum absolute atomic E-state index is 13.3. The topological polar surface area (TPSA) is 93.7 Å². The summed E-state index contributed by atoms with van der Waals surface area (Å²) >= 11 is 0. The van der Waals surface area contributed by atoms with Gasteiger partial charge in [0, 0.05) is 37.2 Å². The van der Waals surface area contributed by atoms with Crippen LogP contribution in [0.3, 0.4) is 0 Å². The van der Waals surface area contributed by atoms with Gasteiger partial charge in [-0.25, -0.2) is 23.7 Å². The van der Waals surface area contributed by atoms with E-state index in [1.54, 1.807) is 12.5 Å². The first-order valence-corrected chi connectivity index (χ1v) is 7.65. The van der Waals surface area contributed by atoms with E-state index >= 15 is 0 Å². The normalized spacial score (nSPS) is 10.6. The number of nitrogens with zero attached hydrogens (tertiary/aromatic N) is 4. The maximum Gasteiger partial charge on any atom is 0.160 e. The lowest BCUT2D eigenvalue weighted by atomic mass is 10.3. The zero-order valence-corrected chi connectivity index (χ0v) is 13.3. The molecule has 0 spiro atoms. The van der Waals surface area contributed by atoms with Crippen LogP contribution in [0.1, 0.15) is 6.42 Å². The maximum atomic E-state index is 13.3. The first kappa shape index (κ1) is 16.6. The molecule has 0 unspecified atom stereocenters. The fraction of sp³-hybridized carbons (Fsp3) is 0.188. The van der Waals surface area contributed by atoms with E-state index in [1.807, 2.05) is 10.8 Å². The smallest absolute Gasteiger partial charge is 0.160 e. The van der Waals surface area contributed by atoms with Gasteiger partial charge in [0.25, 0.3) is 0 Å². The van der Waals surface area contributed by atoms with Crippen LogP contribution in [0.15, 0.2) is 43.2 Å². The minimum atomic E-state index is -0.949. The first-order valence-electron chi connectivity index (χ1n) is 7.65. The second-order valence-corrected chi connectivity index (χ2v) is 5.32. The largest absolute Gasteiger partial charge is 0.393 e. The average molecular weight is 345 g/mol. The van der Waals surface area contributed by atoms with Crippen LogP contribution in [0.2, 0.25) is 0 Å². The highest BCUT2D eigenvalue weighted by Crippen LogP contribution is 2.26. The Balaban J connectivity index is 1.61. The van der Waals surface area contributed by atoms with E-state index in [2.05, 4.69) is 25.6 Å². The molecular formula is C16H17F2N7. The molecule has 3 rings (SSSR count). The van der Waals surface area contributed by atoms with Crippen molar-refractivity contribution in [1.82, 2.24) is 19.5 Å². The van der Waals surface area contributed by atoms with Crippen LogP contribution in [0.4, 0.5) is 31.8 Å². The molecule has 0 saturated carbocycles. The molecular weight excluding hydrogens is 328 g/mol. The summed E-state index contributed by atoms with van der Waals surface area (Å²) in [6, 6.07) is 3.47. The number of aromatic nitrogens is 4. The van der Waals surface area contributed by atoms with Crippen molar-refractivity contribution in [1.29, 1.82) is 0 Å². The third-order valence-electron chi connectivity index (χ3n) is 3.51. The Morgan fingerprint density at radius 2 is 1.96 bits per heavy atom. The molecule has 7 nitrogen and oxygen atoms in total. The van der Waals surface area contributed by atoms with E-state index in [0.29, 0.717) is 29.6 Å². The lowest BCUT2D eigenvalue weighted by Crippen LogP contribution is -2.10. The summed E-state index contributed by atoms with van der Waals surface area (Å²) in [6.45, 7) is 1.47. The highest BCUT2D eigenvalue weighted by molar-refractivity contribution is 5.77. The molecule has 0 aliphatic rings. The molecule has 130 valence electrons. The van der Waals surface area contributed by atoms with E-state index < -0.39 is 11.6 Å². The molecule has 0 amide bonds. The van der Waals surface area contributed by atoms with Gasteiger partial charge in [0.15, 0.2) is 23.3 Å². The van der Waals surface area contributed by atoms with Gasteiger partial charge in [0.05, 0.1) is 6.33 Å². The summed E-state index contributed by atoms with van der Waals surface area (Å²) in [5, 5.41) is 6.00. The predicted molar refractivity (Wildman–Crippen MR) is 91.4 cm³/mol. The molecule has 4 N–H and O–H groups in total. The van der Waals surface area contributed by atoms with Crippen molar-refractivity contribution in [2.45, 2.75) is 13.0 Å². The summed E-state index contributed by atoms with van der Waals surface area (Å²) in [7, 11) is 0. The second kappa shape index (κ2) is 7.56. The van der Waals surface area contributed by atoms with Crippen molar-refractivity contribution in [3.8, 4) is 0 Å². The Kier molecular flexibility index (Phi) is 5.03. The van der Waals surface area contributed by atoms with Crippen LogP contribution >= 0.6 is 0 Å². The van der Waals surface area contributed by atoms with Gasteiger partial charge in [-0.05, 0) is 18.6 Å². The number of hydrogen-bond acceptors (Lipinski definition) is 6. The molecule has 9 heteroatoms. The van der Waals surface area contributed by atoms with Crippen LogP contribution in [0.5, 0.6) is 0 Å². The fourth-order valence-electron chi connectivity index (χ4n) is 2.23. The van der Waals surface area contributed by atoms with Crippen molar-refractivity contribution in [2.24, 2.45) is 0 Å². The Bertz CT molecular complexity index is 837. The molecule has 0 atom stereocenters. The van der Waals surface area contributed by atoms with Crippen LogP contribution < -0.4 is 16.4 Å². The summed E-state index contributed by atoms with van der Waals surface area (Å²) in [5.41, 5.74) is 6.69. The highest BCUT2D eigenvalue weighted by atomic mass is 19.2. The molecule has 2 heterocycles. The Labute approximate surface area is 142 Å². The summed E-state index contributed by atoms with van der Waals surface area (Å²) in [5.74, 6) is -1.07. The standard InChI is InChI=1S/C16H17F2N7/c17-12-3-2-11(8-13(12)18)24-16-14(19)15(22-9-23-16)21-4-1-6-25-7-5-20-10-25/h2-3,5,7-10H,1,4,6,19H2,(H2,21,22,23,24). The highest BCUT2D eigenvalue weighted by Gasteiger charge is 2.09. The number of benzene rings is 1. The average Bonchev–Trinajstić information content (AvgIpc) is 3.11. The van der Waals surface area contributed by atoms with Crippen LogP contribution in [-0.2, 0) is 6.54 Å². The zero-order chi connectivity index (χ0) is 17.6. The van der Waals surface area contributed by atoms with Crippen LogP contribution in [0.25, 0.3) is 0 Å². The van der Waals surface area contributed by atoms with E-state index in [1.165, 1.54) is 12.4 Å². The molecule has 0 saturated heterocycles. The zero-order valence-electron chi connectivity index (χ0n) is 13.3. The van der Waals surface area contributed by atoms with Crippen LogP contribution in [-0.4, -0.2) is 26.1 Å². The Morgan fingerprint density at radius 3 is 2.72 bits per heavy atom. The van der Waals surface area contributed by atoms with Crippen molar-refractivity contribution in [3.63, 3.8) is 0 Å². The number of halogens is 2. The SMILES string of the molecule is Nc1c(NCCCn2ccnc2)ncnc1Nc1ccc(F)c(F)c1. The molecule has 3 aromatic rings. The number of nitrogen functional groups attached to an aromatic ring is 1. The van der Waals surface area contributed by atoms with Crippen molar-refractivity contribution >= 4 is 23.0 Å². The van der Waals surface area contributed by atoms with E-state index in [0.717, 1.165) is 25.1 Å². The van der Waals surface area contributed by atoms with Gasteiger partial charge in [0.1, 0.15) is 12.0 Å². The fourth-order valence-corrected chi connectivity index (χ4v) is 2.23. The monoisotopic (exact) mass is 345 g/mol. The number of aryl methyl sites for hydroxylation is 1. The number of nitrogens with two attached hydrogens (primary N) is 1. The Morgan fingerprint density at radius 1 is 1.12 bits per heavy atom. The number of rotatable bonds is 7. The van der Waals surface area contributed by atoms with Gasteiger partial charge >= 0.3 is 0 Å². The molecule has 0 fully saturated rings. The molecule has 0 aliphatic heterocycles. The first-order chi connectivity index (χ1) is 12.1. The lowest BCUT2D eigenvalue weighted by molar-refractivity contribution is 0.509. The molecule has 0 aliphatic carbocycles. The van der Waals surface area contributed by atoms with Gasteiger partial charge < -0.3 is 20.9 Å². The van der Waals surface area contributed by atoms with Gasteiger partial charge in [-0.15, -0.1) is 0 Å². The molecule has 1 aromatic carbocycles. The quantitative estimate of drug-likeness (QED) is 0.570. The van der Waals surface area contributed by atoms with Gasteiger partial charge in [-0.2, -0.15) is 0 Å². The van der Waals surface area contributed by atoms with E-state index in [4.69, 9.17) is 5.73 Å².